The number of carbonyl (C=O) groups excluding carboxylic acids is 2. The number of furan rings is 1. The molecular weight excluding hydrogens is 372 g/mol. The van der Waals surface area contributed by atoms with E-state index in [1.165, 1.54) is 0 Å². The lowest BCUT2D eigenvalue weighted by Gasteiger charge is -2.13. The zero-order valence-corrected chi connectivity index (χ0v) is 15.8. The molecule has 1 aromatic heterocycles. The van der Waals surface area contributed by atoms with Gasteiger partial charge in [0.05, 0.1) is 12.2 Å². The summed E-state index contributed by atoms with van der Waals surface area (Å²) in [4.78, 5) is 24.3. The third-order valence-corrected chi connectivity index (χ3v) is 4.94. The van der Waals surface area contributed by atoms with E-state index in [2.05, 4.69) is 5.32 Å². The fraction of sp³-hybridized carbons (Fsp3) is 0.273. The first-order valence-electron chi connectivity index (χ1n) is 9.51. The lowest BCUT2D eigenvalue weighted by molar-refractivity contribution is -0.120. The predicted octanol–water partition coefficient (Wildman–Crippen LogP) is 2.47. The number of carbonyl (C=O) groups is 2. The Bertz CT molecular complexity index is 1040. The van der Waals surface area contributed by atoms with Crippen molar-refractivity contribution in [2.24, 2.45) is 5.73 Å². The summed E-state index contributed by atoms with van der Waals surface area (Å²) in [7, 11) is 0. The normalized spacial score (nSPS) is 14.5. The van der Waals surface area contributed by atoms with Gasteiger partial charge in [0.25, 0.3) is 5.91 Å². The van der Waals surface area contributed by atoms with Crippen molar-refractivity contribution in [2.45, 2.75) is 31.4 Å². The minimum Gasteiger partial charge on any atom is -0.489 e. The molecule has 0 aliphatic heterocycles. The number of aliphatic hydroxyl groups excluding tert-OH is 1. The highest BCUT2D eigenvalue weighted by Crippen LogP contribution is 2.45. The van der Waals surface area contributed by atoms with Crippen molar-refractivity contribution in [3.05, 3.63) is 65.4 Å². The van der Waals surface area contributed by atoms with Gasteiger partial charge in [-0.3, -0.25) is 9.59 Å². The van der Waals surface area contributed by atoms with Gasteiger partial charge >= 0.3 is 0 Å². The van der Waals surface area contributed by atoms with E-state index in [1.54, 1.807) is 18.2 Å². The number of nitrogens with one attached hydrogen (secondary N) is 1. The molecule has 1 fully saturated rings. The summed E-state index contributed by atoms with van der Waals surface area (Å²) >= 11 is 0. The maximum Gasteiger partial charge on any atom is 0.256 e. The Hall–Kier alpha value is -3.32. The molecule has 0 bridgehead atoms. The summed E-state index contributed by atoms with van der Waals surface area (Å²) in [5, 5.41) is 12.4. The van der Waals surface area contributed by atoms with Crippen LogP contribution in [0.4, 0.5) is 0 Å². The summed E-state index contributed by atoms with van der Waals surface area (Å²) in [6, 6.07) is 14.0. The topological polar surface area (TPSA) is 115 Å². The van der Waals surface area contributed by atoms with Crippen molar-refractivity contribution in [2.75, 3.05) is 6.61 Å². The van der Waals surface area contributed by atoms with E-state index < -0.39 is 24.5 Å². The summed E-state index contributed by atoms with van der Waals surface area (Å²) in [6.45, 7) is -0.170. The van der Waals surface area contributed by atoms with Crippen LogP contribution in [0.1, 0.15) is 40.4 Å². The molecule has 29 heavy (non-hydrogen) atoms. The minimum absolute atomic E-state index is 0.179. The molecule has 2 amide bonds. The van der Waals surface area contributed by atoms with E-state index in [9.17, 15) is 14.7 Å². The Balaban J connectivity index is 1.64. The number of hydrogen-bond acceptors (Lipinski definition) is 5. The van der Waals surface area contributed by atoms with Gasteiger partial charge in [0, 0.05) is 11.3 Å². The van der Waals surface area contributed by atoms with E-state index in [-0.39, 0.29) is 5.92 Å². The number of benzene rings is 2. The molecule has 1 unspecified atom stereocenters. The molecule has 0 spiro atoms. The smallest absolute Gasteiger partial charge is 0.256 e. The zero-order valence-electron chi connectivity index (χ0n) is 15.8. The maximum atomic E-state index is 12.9. The largest absolute Gasteiger partial charge is 0.489 e. The van der Waals surface area contributed by atoms with Crippen LogP contribution in [-0.2, 0) is 11.4 Å². The van der Waals surface area contributed by atoms with Crippen molar-refractivity contribution in [3.8, 4) is 5.75 Å². The molecular formula is C22H22N2O5. The molecule has 4 rings (SSSR count). The van der Waals surface area contributed by atoms with Gasteiger partial charge in [0.15, 0.2) is 0 Å². The molecule has 150 valence electrons. The SMILES string of the molecule is NC(=O)C(CO)NC(=O)c1c(C2CC2)oc2ccc(OCc3ccccc3)cc12. The van der Waals surface area contributed by atoms with Crippen LogP contribution in [0.25, 0.3) is 11.0 Å². The molecule has 0 radical (unpaired) electrons. The highest BCUT2D eigenvalue weighted by Gasteiger charge is 2.34. The molecule has 1 saturated carbocycles. The third kappa shape index (κ3) is 4.09. The summed E-state index contributed by atoms with van der Waals surface area (Å²) in [6.07, 6.45) is 1.88. The van der Waals surface area contributed by atoms with Crippen molar-refractivity contribution in [1.29, 1.82) is 0 Å². The monoisotopic (exact) mass is 394 g/mol. The molecule has 1 aliphatic carbocycles. The second-order valence-electron chi connectivity index (χ2n) is 7.16. The second-order valence-corrected chi connectivity index (χ2v) is 7.16. The Morgan fingerprint density at radius 3 is 2.62 bits per heavy atom. The first-order chi connectivity index (χ1) is 14.1. The lowest BCUT2D eigenvalue weighted by atomic mass is 10.1. The van der Waals surface area contributed by atoms with Crippen LogP contribution in [0.15, 0.2) is 52.9 Å². The zero-order chi connectivity index (χ0) is 20.4. The number of rotatable bonds is 8. The van der Waals surface area contributed by atoms with Crippen molar-refractivity contribution in [1.82, 2.24) is 5.32 Å². The van der Waals surface area contributed by atoms with Gasteiger partial charge in [-0.25, -0.2) is 0 Å². The highest BCUT2D eigenvalue weighted by atomic mass is 16.5. The summed E-state index contributed by atoms with van der Waals surface area (Å²) in [5.74, 6) is 0.0845. The molecule has 4 N–H and O–H groups in total. The number of hydrogen-bond donors (Lipinski definition) is 3. The van der Waals surface area contributed by atoms with Gasteiger partial charge in [0.1, 0.15) is 29.7 Å². The van der Waals surface area contributed by atoms with Crippen LogP contribution in [0.3, 0.4) is 0 Å². The highest BCUT2D eigenvalue weighted by molar-refractivity contribution is 6.09. The second kappa shape index (κ2) is 7.97. The molecule has 2 aromatic carbocycles. The number of ether oxygens (including phenoxy) is 1. The molecule has 3 aromatic rings. The molecule has 0 saturated heterocycles. The third-order valence-electron chi connectivity index (χ3n) is 4.94. The fourth-order valence-electron chi connectivity index (χ4n) is 3.23. The van der Waals surface area contributed by atoms with Gasteiger partial charge < -0.3 is 25.3 Å². The van der Waals surface area contributed by atoms with E-state index in [4.69, 9.17) is 14.9 Å². The molecule has 1 heterocycles. The average Bonchev–Trinajstić information content (AvgIpc) is 3.51. The maximum absolute atomic E-state index is 12.9. The van der Waals surface area contributed by atoms with Crippen molar-refractivity contribution >= 4 is 22.8 Å². The van der Waals surface area contributed by atoms with Gasteiger partial charge in [0.2, 0.25) is 5.91 Å². The Labute approximate surface area is 167 Å². The van der Waals surface area contributed by atoms with Gasteiger partial charge in [-0.15, -0.1) is 0 Å². The van der Waals surface area contributed by atoms with Gasteiger partial charge in [-0.05, 0) is 36.6 Å². The Morgan fingerprint density at radius 1 is 1.21 bits per heavy atom. The first kappa shape index (κ1) is 19.0. The van der Waals surface area contributed by atoms with E-state index in [1.807, 2.05) is 30.3 Å². The average molecular weight is 394 g/mol. The molecule has 1 atom stereocenters. The Kier molecular flexibility index (Phi) is 5.22. The van der Waals surface area contributed by atoms with Crippen LogP contribution in [0.2, 0.25) is 0 Å². The van der Waals surface area contributed by atoms with Crippen molar-refractivity contribution in [3.63, 3.8) is 0 Å². The number of aliphatic hydroxyl groups is 1. The van der Waals surface area contributed by atoms with E-state index in [0.717, 1.165) is 18.4 Å². The molecule has 7 heteroatoms. The summed E-state index contributed by atoms with van der Waals surface area (Å²) < 4.78 is 11.8. The van der Waals surface area contributed by atoms with Crippen LogP contribution < -0.4 is 15.8 Å². The van der Waals surface area contributed by atoms with Crippen LogP contribution >= 0.6 is 0 Å². The predicted molar refractivity (Wildman–Crippen MR) is 106 cm³/mol. The quantitative estimate of drug-likeness (QED) is 0.543. The van der Waals surface area contributed by atoms with E-state index in [0.29, 0.717) is 34.6 Å². The number of amides is 2. The van der Waals surface area contributed by atoms with Crippen molar-refractivity contribution < 1.29 is 23.8 Å². The number of primary amides is 1. The standard InChI is InChI=1S/C22H22N2O5/c23-21(26)17(11-25)24-22(27)19-16-10-15(28-12-13-4-2-1-3-5-13)8-9-18(16)29-20(19)14-6-7-14/h1-5,8-10,14,17,25H,6-7,11-12H2,(H2,23,26)(H,24,27). The summed E-state index contributed by atoms with van der Waals surface area (Å²) in [5.41, 5.74) is 7.21. The van der Waals surface area contributed by atoms with Gasteiger partial charge in [-0.2, -0.15) is 0 Å². The van der Waals surface area contributed by atoms with Crippen LogP contribution in [0, 0.1) is 0 Å². The Morgan fingerprint density at radius 2 is 1.97 bits per heavy atom. The lowest BCUT2D eigenvalue weighted by Crippen LogP contribution is -2.46. The van der Waals surface area contributed by atoms with Crippen LogP contribution in [-0.4, -0.2) is 29.6 Å². The van der Waals surface area contributed by atoms with E-state index >= 15 is 0 Å². The minimum atomic E-state index is -1.16. The number of fused-ring (bicyclic) bond motifs is 1. The first-order valence-corrected chi connectivity index (χ1v) is 9.51. The molecule has 7 nitrogen and oxygen atoms in total. The van der Waals surface area contributed by atoms with Gasteiger partial charge in [-0.1, -0.05) is 30.3 Å². The van der Waals surface area contributed by atoms with Crippen LogP contribution in [0.5, 0.6) is 5.75 Å². The number of nitrogens with two attached hydrogens (primary N) is 1. The molecule has 1 aliphatic rings. The fourth-order valence-corrected chi connectivity index (χ4v) is 3.23.